The standard InChI is InChI=1S/C16H14N3O2.Rb/c1-9-3-4-10-5-11-7-16(8-12(11)6-13(10)17-9)14(20)18-15(21)19(16)2;/h3-6H,1,7-8H2,2H3,(H,18,20,21);/q-1;+1. The van der Waals surface area contributed by atoms with Gasteiger partial charge in [-0.25, -0.2) is 11.7 Å². The van der Waals surface area contributed by atoms with Gasteiger partial charge in [-0.3, -0.25) is 15.1 Å². The van der Waals surface area contributed by atoms with E-state index in [-0.39, 0.29) is 70.1 Å². The Hall–Kier alpha value is -0.755. The Morgan fingerprint density at radius 3 is 2.55 bits per heavy atom. The van der Waals surface area contributed by atoms with Crippen molar-refractivity contribution in [1.82, 2.24) is 15.2 Å². The normalized spacial score (nSPS) is 22.9. The molecule has 1 atom stereocenters. The topological polar surface area (TPSA) is 62.3 Å². The van der Waals surface area contributed by atoms with Crippen LogP contribution in [0.4, 0.5) is 4.79 Å². The molecule has 1 fully saturated rings. The van der Waals surface area contributed by atoms with Gasteiger partial charge in [0, 0.05) is 19.9 Å². The van der Waals surface area contributed by atoms with Gasteiger partial charge in [-0.1, -0.05) is 6.07 Å². The van der Waals surface area contributed by atoms with E-state index in [1.165, 1.54) is 4.90 Å². The number of hydrogen-bond acceptors (Lipinski definition) is 3. The monoisotopic (exact) mass is 365 g/mol. The minimum absolute atomic E-state index is 0. The van der Waals surface area contributed by atoms with E-state index in [2.05, 4.69) is 23.3 Å². The summed E-state index contributed by atoms with van der Waals surface area (Å²) in [6.07, 6.45) is 1.09. The number of nitrogens with zero attached hydrogens (tertiary/aromatic N) is 2. The van der Waals surface area contributed by atoms with Crippen molar-refractivity contribution in [2.45, 2.75) is 18.4 Å². The molecular weight excluding hydrogens is 352 g/mol. The van der Waals surface area contributed by atoms with E-state index in [0.29, 0.717) is 12.8 Å². The number of amides is 3. The third-order valence-electron chi connectivity index (χ3n) is 4.62. The minimum atomic E-state index is -0.774. The molecule has 1 unspecified atom stereocenters. The van der Waals surface area contributed by atoms with Crippen molar-refractivity contribution >= 4 is 22.8 Å². The predicted octanol–water partition coefficient (Wildman–Crippen LogP) is -1.56. The number of carbonyl (C=O) groups is 2. The fourth-order valence-electron chi connectivity index (χ4n) is 3.37. The van der Waals surface area contributed by atoms with Gasteiger partial charge in [-0.15, -0.1) is 11.8 Å². The molecule has 2 aliphatic rings. The van der Waals surface area contributed by atoms with Gasteiger partial charge in [-0.05, 0) is 22.6 Å². The fraction of sp³-hybridized carbons (Fsp3) is 0.250. The minimum Gasteiger partial charge on any atom is -0.312 e. The molecule has 1 saturated heterocycles. The zero-order valence-electron chi connectivity index (χ0n) is 12.6. The van der Waals surface area contributed by atoms with E-state index in [4.69, 9.17) is 0 Å². The van der Waals surface area contributed by atoms with Crippen LogP contribution in [0.5, 0.6) is 0 Å². The molecule has 5 nitrogen and oxygen atoms in total. The van der Waals surface area contributed by atoms with Gasteiger partial charge in [0.05, 0.1) is 5.52 Å². The van der Waals surface area contributed by atoms with E-state index in [1.807, 2.05) is 18.2 Å². The molecule has 1 aliphatic heterocycles. The number of benzene rings is 1. The molecule has 0 bridgehead atoms. The summed E-state index contributed by atoms with van der Waals surface area (Å²) in [6, 6.07) is 7.61. The van der Waals surface area contributed by atoms with E-state index >= 15 is 0 Å². The quantitative estimate of drug-likeness (QED) is 0.454. The summed E-state index contributed by atoms with van der Waals surface area (Å²) in [6.45, 7) is 3.84. The number of hydrogen-bond donors (Lipinski definition) is 1. The molecule has 1 aromatic heterocycles. The van der Waals surface area contributed by atoms with Crippen LogP contribution in [0.25, 0.3) is 10.9 Å². The molecule has 0 saturated carbocycles. The van der Waals surface area contributed by atoms with Gasteiger partial charge in [0.2, 0.25) is 0 Å². The van der Waals surface area contributed by atoms with Crippen molar-refractivity contribution in [2.75, 3.05) is 7.05 Å². The molecule has 1 aromatic carbocycles. The molecule has 2 aromatic rings. The summed E-state index contributed by atoms with van der Waals surface area (Å²) in [7, 11) is 1.68. The molecule has 6 heteroatoms. The largest absolute Gasteiger partial charge is 1.00 e. The third-order valence-corrected chi connectivity index (χ3v) is 4.62. The Bertz CT molecular complexity index is 820. The van der Waals surface area contributed by atoms with Crippen LogP contribution in [-0.2, 0) is 17.6 Å². The summed E-state index contributed by atoms with van der Waals surface area (Å²) in [5.74, 6) is -0.207. The molecule has 3 amide bonds. The van der Waals surface area contributed by atoms with Crippen molar-refractivity contribution in [2.24, 2.45) is 0 Å². The Morgan fingerprint density at radius 2 is 1.91 bits per heavy atom. The SMILES string of the molecule is [CH2-]c1ccc2cc3c(cc2n1)CC1(C3)C(=O)NC(=O)N1C.[Rb+]. The number of urea groups is 1. The molecular formula is C16H14N3O2Rb. The van der Waals surface area contributed by atoms with Gasteiger partial charge < -0.3 is 4.90 Å². The van der Waals surface area contributed by atoms with Crippen molar-refractivity contribution in [3.63, 3.8) is 0 Å². The van der Waals surface area contributed by atoms with Gasteiger partial charge in [0.25, 0.3) is 5.91 Å². The maximum absolute atomic E-state index is 12.2. The van der Waals surface area contributed by atoms with Crippen LogP contribution in [-0.4, -0.2) is 34.4 Å². The number of fused-ring (bicyclic) bond motifs is 2. The van der Waals surface area contributed by atoms with E-state index < -0.39 is 5.54 Å². The summed E-state index contributed by atoms with van der Waals surface area (Å²) >= 11 is 0. The first kappa shape index (κ1) is 16.1. The predicted molar refractivity (Wildman–Crippen MR) is 77.6 cm³/mol. The Morgan fingerprint density at radius 1 is 1.23 bits per heavy atom. The zero-order chi connectivity index (χ0) is 14.8. The summed E-state index contributed by atoms with van der Waals surface area (Å²) in [4.78, 5) is 29.9. The zero-order valence-corrected chi connectivity index (χ0v) is 17.6. The first-order chi connectivity index (χ1) is 9.99. The first-order valence-electron chi connectivity index (χ1n) is 6.83. The van der Waals surface area contributed by atoms with Crippen LogP contribution in [0.15, 0.2) is 24.3 Å². The van der Waals surface area contributed by atoms with Crippen LogP contribution < -0.4 is 63.5 Å². The van der Waals surface area contributed by atoms with Gasteiger partial charge in [0.1, 0.15) is 5.54 Å². The van der Waals surface area contributed by atoms with Crippen LogP contribution in [0.2, 0.25) is 0 Å². The van der Waals surface area contributed by atoms with Crippen molar-refractivity contribution in [1.29, 1.82) is 0 Å². The van der Waals surface area contributed by atoms with E-state index in [0.717, 1.165) is 27.7 Å². The Kier molecular flexibility index (Phi) is 3.96. The van der Waals surface area contributed by atoms with E-state index in [1.54, 1.807) is 7.05 Å². The number of nitrogens with one attached hydrogen (secondary N) is 1. The van der Waals surface area contributed by atoms with Gasteiger partial charge >= 0.3 is 64.2 Å². The number of rotatable bonds is 0. The molecule has 1 spiro atoms. The summed E-state index contributed by atoms with van der Waals surface area (Å²) in [5, 5.41) is 3.44. The number of carbonyl (C=O) groups excluding carboxylic acids is 2. The maximum Gasteiger partial charge on any atom is 1.00 e. The van der Waals surface area contributed by atoms with Crippen LogP contribution >= 0.6 is 0 Å². The maximum atomic E-state index is 12.2. The second kappa shape index (κ2) is 5.41. The van der Waals surface area contributed by atoms with Gasteiger partial charge in [0.15, 0.2) is 0 Å². The molecule has 1 aliphatic carbocycles. The van der Waals surface area contributed by atoms with Crippen molar-refractivity contribution in [3.05, 3.63) is 48.0 Å². The number of likely N-dealkylation sites (N-methyl/N-ethyl adjacent to an activating group) is 1. The summed E-state index contributed by atoms with van der Waals surface area (Å²) in [5.41, 5.74) is 3.02. The molecule has 2 heterocycles. The van der Waals surface area contributed by atoms with Crippen LogP contribution in [0, 0.1) is 6.92 Å². The number of pyridine rings is 1. The number of imide groups is 1. The molecule has 22 heavy (non-hydrogen) atoms. The second-order valence-electron chi connectivity index (χ2n) is 5.82. The average Bonchev–Trinajstić information content (AvgIpc) is 2.91. The van der Waals surface area contributed by atoms with Crippen molar-refractivity contribution in [3.8, 4) is 0 Å². The molecule has 1 N–H and O–H groups in total. The average molecular weight is 366 g/mol. The number of aromatic nitrogens is 1. The second-order valence-corrected chi connectivity index (χ2v) is 5.82. The van der Waals surface area contributed by atoms with Gasteiger partial charge in [-0.2, -0.15) is 6.07 Å². The fourth-order valence-corrected chi connectivity index (χ4v) is 3.37. The smallest absolute Gasteiger partial charge is 0.312 e. The van der Waals surface area contributed by atoms with Crippen LogP contribution in [0.1, 0.15) is 16.8 Å². The first-order valence-corrected chi connectivity index (χ1v) is 6.83. The molecule has 106 valence electrons. The van der Waals surface area contributed by atoms with Crippen molar-refractivity contribution < 1.29 is 67.8 Å². The molecule has 4 rings (SSSR count). The third kappa shape index (κ3) is 2.18. The Labute approximate surface area is 177 Å². The van der Waals surface area contributed by atoms with E-state index in [9.17, 15) is 9.59 Å². The Balaban J connectivity index is 0.00000144. The van der Waals surface area contributed by atoms with Crippen LogP contribution in [0.3, 0.4) is 0 Å². The molecule has 0 radical (unpaired) electrons. The summed E-state index contributed by atoms with van der Waals surface area (Å²) < 4.78 is 0.